The summed E-state index contributed by atoms with van der Waals surface area (Å²) in [7, 11) is 2.05. The van der Waals surface area contributed by atoms with E-state index in [0.29, 0.717) is 17.9 Å². The summed E-state index contributed by atoms with van der Waals surface area (Å²) in [6.07, 6.45) is 5.95. The van der Waals surface area contributed by atoms with Crippen LogP contribution in [0.4, 0.5) is 11.9 Å². The summed E-state index contributed by atoms with van der Waals surface area (Å²) in [5.74, 6) is 2.07. The van der Waals surface area contributed by atoms with Crippen molar-refractivity contribution in [3.05, 3.63) is 5.28 Å². The maximum atomic E-state index is 6.01. The maximum Gasteiger partial charge on any atom is 0.231 e. The molecule has 0 bridgehead atoms. The van der Waals surface area contributed by atoms with Gasteiger partial charge in [-0.25, -0.2) is 0 Å². The molecule has 1 aromatic rings. The summed E-state index contributed by atoms with van der Waals surface area (Å²) in [5, 5.41) is 3.42. The van der Waals surface area contributed by atoms with Crippen molar-refractivity contribution in [2.75, 3.05) is 23.8 Å². The first-order chi connectivity index (χ1) is 9.60. The molecule has 0 amide bonds. The van der Waals surface area contributed by atoms with Crippen LogP contribution in [0.5, 0.6) is 0 Å². The van der Waals surface area contributed by atoms with E-state index in [-0.39, 0.29) is 5.28 Å². The Morgan fingerprint density at radius 3 is 2.55 bits per heavy atom. The van der Waals surface area contributed by atoms with E-state index in [1.807, 2.05) is 0 Å². The third kappa shape index (κ3) is 3.95. The smallest absolute Gasteiger partial charge is 0.231 e. The average Bonchev–Trinajstić information content (AvgIpc) is 2.44. The molecule has 1 fully saturated rings. The van der Waals surface area contributed by atoms with E-state index < -0.39 is 0 Å². The van der Waals surface area contributed by atoms with Crippen LogP contribution in [0, 0.1) is 5.92 Å². The van der Waals surface area contributed by atoms with E-state index in [0.717, 1.165) is 18.9 Å². The zero-order valence-electron chi connectivity index (χ0n) is 12.6. The lowest BCUT2D eigenvalue weighted by atomic mass is 9.87. The molecule has 6 heteroatoms. The molecule has 1 aliphatic carbocycles. The molecule has 5 nitrogen and oxygen atoms in total. The third-order valence-electron chi connectivity index (χ3n) is 3.98. The molecule has 1 heterocycles. The molecule has 2 rings (SSSR count). The highest BCUT2D eigenvalue weighted by atomic mass is 35.5. The van der Waals surface area contributed by atoms with Gasteiger partial charge >= 0.3 is 0 Å². The monoisotopic (exact) mass is 297 g/mol. The van der Waals surface area contributed by atoms with Crippen LogP contribution in [0.3, 0.4) is 0 Å². The van der Waals surface area contributed by atoms with E-state index in [1.54, 1.807) is 0 Å². The van der Waals surface area contributed by atoms with Crippen LogP contribution >= 0.6 is 11.6 Å². The number of anilines is 2. The van der Waals surface area contributed by atoms with Crippen LogP contribution in [0.1, 0.15) is 46.0 Å². The molecule has 1 saturated carbocycles. The Bertz CT molecular complexity index is 432. The lowest BCUT2D eigenvalue weighted by Gasteiger charge is -2.33. The zero-order valence-corrected chi connectivity index (χ0v) is 13.3. The Hall–Kier alpha value is -1.10. The van der Waals surface area contributed by atoms with Gasteiger partial charge in [0.2, 0.25) is 17.2 Å². The number of hydrogen-bond acceptors (Lipinski definition) is 5. The minimum Gasteiger partial charge on any atom is -0.354 e. The lowest BCUT2D eigenvalue weighted by Crippen LogP contribution is -2.36. The second kappa shape index (κ2) is 7.07. The summed E-state index contributed by atoms with van der Waals surface area (Å²) in [6.45, 7) is 5.26. The number of aromatic nitrogens is 3. The Kier molecular flexibility index (Phi) is 5.40. The van der Waals surface area contributed by atoms with Gasteiger partial charge in [-0.2, -0.15) is 15.0 Å². The fourth-order valence-electron chi connectivity index (χ4n) is 2.61. The predicted octanol–water partition coefficient (Wildman–Crippen LogP) is 3.36. The summed E-state index contributed by atoms with van der Waals surface area (Å²) >= 11 is 6.01. The van der Waals surface area contributed by atoms with Gasteiger partial charge in [0.1, 0.15) is 0 Å². The Balaban J connectivity index is 2.08. The Labute approximate surface area is 126 Å². The molecular formula is C14H24ClN5. The van der Waals surface area contributed by atoms with E-state index in [1.165, 1.54) is 25.7 Å². The zero-order chi connectivity index (χ0) is 14.5. The van der Waals surface area contributed by atoms with Crippen LogP contribution in [0.25, 0.3) is 0 Å². The van der Waals surface area contributed by atoms with E-state index in [4.69, 9.17) is 11.6 Å². The van der Waals surface area contributed by atoms with Crippen molar-refractivity contribution in [3.8, 4) is 0 Å². The molecule has 1 N–H and O–H groups in total. The first-order valence-corrected chi connectivity index (χ1v) is 7.86. The van der Waals surface area contributed by atoms with Crippen LogP contribution < -0.4 is 10.2 Å². The molecule has 112 valence electrons. The van der Waals surface area contributed by atoms with Gasteiger partial charge in [-0.1, -0.05) is 13.8 Å². The van der Waals surface area contributed by atoms with Crippen LogP contribution in [-0.4, -0.2) is 34.6 Å². The Morgan fingerprint density at radius 2 is 1.90 bits per heavy atom. The van der Waals surface area contributed by atoms with Crippen LogP contribution in [-0.2, 0) is 0 Å². The molecule has 0 radical (unpaired) electrons. The van der Waals surface area contributed by atoms with Gasteiger partial charge in [0.25, 0.3) is 0 Å². The Morgan fingerprint density at radius 1 is 1.20 bits per heavy atom. The highest BCUT2D eigenvalue weighted by Crippen LogP contribution is 2.28. The average molecular weight is 298 g/mol. The largest absolute Gasteiger partial charge is 0.354 e. The number of nitrogens with one attached hydrogen (secondary N) is 1. The summed E-state index contributed by atoms with van der Waals surface area (Å²) in [5.41, 5.74) is 0. The fraction of sp³-hybridized carbons (Fsp3) is 0.786. The van der Waals surface area contributed by atoms with Gasteiger partial charge in [-0.05, 0) is 49.6 Å². The first kappa shape index (κ1) is 15.3. The van der Waals surface area contributed by atoms with E-state index >= 15 is 0 Å². The number of hydrogen-bond donors (Lipinski definition) is 1. The van der Waals surface area contributed by atoms with Crippen molar-refractivity contribution in [3.63, 3.8) is 0 Å². The van der Waals surface area contributed by atoms with Crippen molar-refractivity contribution in [2.24, 2.45) is 5.92 Å². The van der Waals surface area contributed by atoms with Crippen molar-refractivity contribution < 1.29 is 0 Å². The molecule has 0 aliphatic heterocycles. The molecule has 1 aliphatic rings. The first-order valence-electron chi connectivity index (χ1n) is 7.48. The fourth-order valence-corrected chi connectivity index (χ4v) is 2.76. The molecular weight excluding hydrogens is 274 g/mol. The molecule has 0 spiro atoms. The number of rotatable bonds is 5. The van der Waals surface area contributed by atoms with Crippen LogP contribution in [0.2, 0.25) is 5.28 Å². The molecule has 0 atom stereocenters. The molecule has 1 aromatic heterocycles. The third-order valence-corrected chi connectivity index (χ3v) is 4.15. The standard InChI is InChI=1S/C14H24ClN5/c1-4-9-16-13-17-12(15)18-14(19-13)20(3)11-7-5-10(2)6-8-11/h10-11H,4-9H2,1-3H3,(H,16,17,18,19). The van der Waals surface area contributed by atoms with Crippen molar-refractivity contribution in [1.82, 2.24) is 15.0 Å². The molecule has 20 heavy (non-hydrogen) atoms. The number of halogens is 1. The van der Waals surface area contributed by atoms with Crippen molar-refractivity contribution in [1.29, 1.82) is 0 Å². The van der Waals surface area contributed by atoms with Gasteiger partial charge in [-0.3, -0.25) is 0 Å². The SMILES string of the molecule is CCCNc1nc(Cl)nc(N(C)C2CCC(C)CC2)n1. The molecule has 0 aromatic carbocycles. The number of nitrogens with zero attached hydrogens (tertiary/aromatic N) is 4. The second-order valence-corrected chi connectivity index (χ2v) is 6.02. The van der Waals surface area contributed by atoms with Crippen molar-refractivity contribution in [2.45, 2.75) is 52.0 Å². The van der Waals surface area contributed by atoms with Gasteiger partial charge in [0.05, 0.1) is 0 Å². The van der Waals surface area contributed by atoms with Gasteiger partial charge in [-0.15, -0.1) is 0 Å². The highest BCUT2D eigenvalue weighted by Gasteiger charge is 2.23. The molecule has 0 saturated heterocycles. The van der Waals surface area contributed by atoms with Crippen LogP contribution in [0.15, 0.2) is 0 Å². The summed E-state index contributed by atoms with van der Waals surface area (Å²) < 4.78 is 0. The quantitative estimate of drug-likeness (QED) is 0.903. The minimum atomic E-state index is 0.254. The summed E-state index contributed by atoms with van der Waals surface area (Å²) in [4.78, 5) is 15.0. The highest BCUT2D eigenvalue weighted by molar-refractivity contribution is 6.28. The predicted molar refractivity (Wildman–Crippen MR) is 83.4 cm³/mol. The minimum absolute atomic E-state index is 0.254. The summed E-state index contributed by atoms with van der Waals surface area (Å²) in [6, 6.07) is 0.503. The second-order valence-electron chi connectivity index (χ2n) is 5.68. The van der Waals surface area contributed by atoms with Gasteiger partial charge in [0, 0.05) is 19.6 Å². The topological polar surface area (TPSA) is 53.9 Å². The van der Waals surface area contributed by atoms with Gasteiger partial charge in [0.15, 0.2) is 0 Å². The van der Waals surface area contributed by atoms with E-state index in [2.05, 4.69) is 46.1 Å². The maximum absolute atomic E-state index is 6.01. The van der Waals surface area contributed by atoms with Gasteiger partial charge < -0.3 is 10.2 Å². The normalized spacial score (nSPS) is 22.6. The lowest BCUT2D eigenvalue weighted by molar-refractivity contribution is 0.339. The molecule has 0 unspecified atom stereocenters. The van der Waals surface area contributed by atoms with Crippen molar-refractivity contribution >= 4 is 23.5 Å². The van der Waals surface area contributed by atoms with E-state index in [9.17, 15) is 0 Å².